The molecule has 4 rings (SSSR count). The molecular weight excluding hydrogens is 388 g/mol. The molecule has 0 radical (unpaired) electrons. The fourth-order valence-electron chi connectivity index (χ4n) is 5.83. The summed E-state index contributed by atoms with van der Waals surface area (Å²) in [5, 5.41) is 15.0. The first-order chi connectivity index (χ1) is 14.9. The number of rotatable bonds is 6. The molecule has 0 saturated carbocycles. The SMILES string of the molecule is CCCN1C[C@@H](NC(=O)N(CC)CC)CC2c3cc(C(C)O)cc4[nH]c(C)c(c34)C[C@H]21. The van der Waals surface area contributed by atoms with Gasteiger partial charge in [0.2, 0.25) is 0 Å². The molecule has 2 aliphatic rings. The summed E-state index contributed by atoms with van der Waals surface area (Å²) in [6.07, 6.45) is 2.59. The van der Waals surface area contributed by atoms with E-state index >= 15 is 0 Å². The van der Waals surface area contributed by atoms with E-state index < -0.39 is 6.10 Å². The molecule has 3 N–H and O–H groups in total. The summed E-state index contributed by atoms with van der Waals surface area (Å²) in [4.78, 5) is 20.8. The fraction of sp³-hybridized carbons (Fsp3) is 0.640. The Morgan fingerprint density at radius 2 is 2.06 bits per heavy atom. The Morgan fingerprint density at radius 1 is 1.32 bits per heavy atom. The van der Waals surface area contributed by atoms with Crippen LogP contribution >= 0.6 is 0 Å². The number of nitrogens with one attached hydrogen (secondary N) is 2. The van der Waals surface area contributed by atoms with Gasteiger partial charge in [0.15, 0.2) is 0 Å². The van der Waals surface area contributed by atoms with E-state index in [0.717, 1.165) is 56.5 Å². The largest absolute Gasteiger partial charge is 0.389 e. The maximum atomic E-state index is 12.8. The molecule has 1 fully saturated rings. The molecule has 0 bridgehead atoms. The van der Waals surface area contributed by atoms with E-state index in [0.29, 0.717) is 12.0 Å². The molecule has 4 atom stereocenters. The van der Waals surface area contributed by atoms with Crippen molar-refractivity contribution in [3.8, 4) is 0 Å². The average Bonchev–Trinajstić information content (AvgIpc) is 3.05. The third kappa shape index (κ3) is 3.96. The van der Waals surface area contributed by atoms with Crippen molar-refractivity contribution in [1.29, 1.82) is 0 Å². The molecule has 1 aliphatic heterocycles. The Kier molecular flexibility index (Phi) is 6.31. The highest BCUT2D eigenvalue weighted by atomic mass is 16.3. The Balaban J connectivity index is 1.73. The van der Waals surface area contributed by atoms with Crippen molar-refractivity contribution >= 4 is 16.9 Å². The molecule has 1 aromatic carbocycles. The van der Waals surface area contributed by atoms with Gasteiger partial charge in [-0.05, 0) is 76.3 Å². The smallest absolute Gasteiger partial charge is 0.317 e. The second-order valence-electron chi connectivity index (χ2n) is 9.36. The second kappa shape index (κ2) is 8.83. The first-order valence-electron chi connectivity index (χ1n) is 12.0. The summed E-state index contributed by atoms with van der Waals surface area (Å²) in [7, 11) is 0. The van der Waals surface area contributed by atoms with Gasteiger partial charge in [-0.1, -0.05) is 13.0 Å². The summed E-state index contributed by atoms with van der Waals surface area (Å²) in [6.45, 7) is 13.7. The van der Waals surface area contributed by atoms with Crippen LogP contribution in [0.3, 0.4) is 0 Å². The lowest BCUT2D eigenvalue weighted by Crippen LogP contribution is -2.58. The summed E-state index contributed by atoms with van der Waals surface area (Å²) in [5.41, 5.74) is 6.11. The number of aromatic amines is 1. The number of aryl methyl sites for hydroxylation is 1. The maximum absolute atomic E-state index is 12.8. The summed E-state index contributed by atoms with van der Waals surface area (Å²) < 4.78 is 0. The van der Waals surface area contributed by atoms with Crippen LogP contribution in [0, 0.1) is 6.92 Å². The number of hydrogen-bond acceptors (Lipinski definition) is 3. The van der Waals surface area contributed by atoms with E-state index in [1.165, 1.54) is 22.2 Å². The number of nitrogens with zero attached hydrogens (tertiary/aromatic N) is 2. The minimum atomic E-state index is -0.499. The van der Waals surface area contributed by atoms with Crippen LogP contribution in [0.1, 0.15) is 74.9 Å². The van der Waals surface area contributed by atoms with Gasteiger partial charge in [0.05, 0.1) is 6.10 Å². The molecule has 2 aromatic rings. The van der Waals surface area contributed by atoms with Crippen LogP contribution in [0.2, 0.25) is 0 Å². The molecule has 170 valence electrons. The van der Waals surface area contributed by atoms with Crippen LogP contribution in [0.25, 0.3) is 10.9 Å². The minimum absolute atomic E-state index is 0.0433. The lowest BCUT2D eigenvalue weighted by Gasteiger charge is -2.47. The van der Waals surface area contributed by atoms with Gasteiger partial charge in [0.25, 0.3) is 0 Å². The quantitative estimate of drug-likeness (QED) is 0.652. The van der Waals surface area contributed by atoms with E-state index in [9.17, 15) is 9.90 Å². The number of aliphatic hydroxyl groups is 1. The van der Waals surface area contributed by atoms with E-state index in [1.807, 2.05) is 25.7 Å². The molecule has 2 unspecified atom stereocenters. The first kappa shape index (κ1) is 22.2. The molecule has 2 amide bonds. The number of fused-ring (bicyclic) bond motifs is 2. The number of urea groups is 1. The molecule has 0 spiro atoms. The third-order valence-corrected chi connectivity index (χ3v) is 7.38. The van der Waals surface area contributed by atoms with Crippen molar-refractivity contribution in [1.82, 2.24) is 20.1 Å². The number of benzene rings is 1. The normalized spacial score (nSPS) is 24.1. The van der Waals surface area contributed by atoms with Crippen molar-refractivity contribution in [2.45, 2.75) is 78.0 Å². The van der Waals surface area contributed by atoms with Gasteiger partial charge in [-0.15, -0.1) is 0 Å². The van der Waals surface area contributed by atoms with Crippen LogP contribution in [-0.2, 0) is 6.42 Å². The van der Waals surface area contributed by atoms with E-state index in [2.05, 4.69) is 41.2 Å². The molecular formula is C25H38N4O2. The maximum Gasteiger partial charge on any atom is 0.317 e. The zero-order valence-corrected chi connectivity index (χ0v) is 19.7. The van der Waals surface area contributed by atoms with Crippen LogP contribution in [-0.4, -0.2) is 64.2 Å². The van der Waals surface area contributed by atoms with Crippen molar-refractivity contribution < 1.29 is 9.90 Å². The second-order valence-corrected chi connectivity index (χ2v) is 9.36. The number of carbonyl (C=O) groups is 1. The van der Waals surface area contributed by atoms with Crippen molar-refractivity contribution in [3.05, 3.63) is 34.5 Å². The monoisotopic (exact) mass is 426 g/mol. The predicted molar refractivity (Wildman–Crippen MR) is 126 cm³/mol. The molecule has 2 heterocycles. The summed E-state index contributed by atoms with van der Waals surface area (Å²) in [5.74, 6) is 0.353. The van der Waals surface area contributed by atoms with Gasteiger partial charge in [-0.25, -0.2) is 4.79 Å². The van der Waals surface area contributed by atoms with Crippen LogP contribution < -0.4 is 5.32 Å². The predicted octanol–water partition coefficient (Wildman–Crippen LogP) is 4.07. The Labute approximate surface area is 186 Å². The lowest BCUT2D eigenvalue weighted by atomic mass is 9.72. The zero-order chi connectivity index (χ0) is 22.3. The molecule has 6 nitrogen and oxygen atoms in total. The number of H-pyrrole nitrogens is 1. The number of likely N-dealkylation sites (tertiary alicyclic amines) is 1. The highest BCUT2D eigenvalue weighted by Crippen LogP contribution is 2.45. The van der Waals surface area contributed by atoms with Crippen LogP contribution in [0.15, 0.2) is 12.1 Å². The van der Waals surface area contributed by atoms with E-state index in [1.54, 1.807) is 0 Å². The standard InChI is InChI=1S/C25H38N4O2/c1-6-9-29-14-18(27-25(31)28(7-2)8-3)12-20-21-10-17(16(5)30)11-22-24(21)19(13-23(20)29)15(4)26-22/h10-11,16,18,20,23,26,30H,6-9,12-14H2,1-5H3,(H,27,31)/t16?,18-,20?,23+/m0/s1. The number of piperidine rings is 1. The fourth-order valence-corrected chi connectivity index (χ4v) is 5.83. The summed E-state index contributed by atoms with van der Waals surface area (Å²) in [6, 6.07) is 4.94. The van der Waals surface area contributed by atoms with Crippen molar-refractivity contribution in [2.24, 2.45) is 0 Å². The van der Waals surface area contributed by atoms with Crippen LogP contribution in [0.4, 0.5) is 4.79 Å². The van der Waals surface area contributed by atoms with E-state index in [4.69, 9.17) is 0 Å². The summed E-state index contributed by atoms with van der Waals surface area (Å²) >= 11 is 0. The zero-order valence-electron chi connectivity index (χ0n) is 19.7. The van der Waals surface area contributed by atoms with Crippen LogP contribution in [0.5, 0.6) is 0 Å². The molecule has 1 saturated heterocycles. The number of aromatic nitrogens is 1. The number of carbonyl (C=O) groups excluding carboxylic acids is 1. The van der Waals surface area contributed by atoms with Crippen molar-refractivity contribution in [3.63, 3.8) is 0 Å². The molecule has 1 aliphatic carbocycles. The first-order valence-corrected chi connectivity index (χ1v) is 12.0. The molecule has 6 heteroatoms. The van der Waals surface area contributed by atoms with Gasteiger partial charge >= 0.3 is 6.03 Å². The van der Waals surface area contributed by atoms with Gasteiger partial charge in [0, 0.05) is 54.2 Å². The highest BCUT2D eigenvalue weighted by molar-refractivity contribution is 5.90. The highest BCUT2D eigenvalue weighted by Gasteiger charge is 2.42. The number of hydrogen-bond donors (Lipinski definition) is 3. The number of aliphatic hydroxyl groups excluding tert-OH is 1. The topological polar surface area (TPSA) is 71.6 Å². The Morgan fingerprint density at radius 3 is 2.71 bits per heavy atom. The lowest BCUT2D eigenvalue weighted by molar-refractivity contribution is 0.0977. The average molecular weight is 427 g/mol. The minimum Gasteiger partial charge on any atom is -0.389 e. The molecule has 1 aromatic heterocycles. The number of amides is 2. The van der Waals surface area contributed by atoms with E-state index in [-0.39, 0.29) is 12.1 Å². The molecule has 31 heavy (non-hydrogen) atoms. The van der Waals surface area contributed by atoms with Gasteiger partial charge in [-0.2, -0.15) is 0 Å². The van der Waals surface area contributed by atoms with Gasteiger partial charge in [0.1, 0.15) is 0 Å². The third-order valence-electron chi connectivity index (χ3n) is 7.38. The van der Waals surface area contributed by atoms with Gasteiger partial charge in [-0.3, -0.25) is 4.90 Å². The van der Waals surface area contributed by atoms with Crippen molar-refractivity contribution in [2.75, 3.05) is 26.2 Å². The Hall–Kier alpha value is -2.05. The Bertz CT molecular complexity index is 947. The van der Waals surface area contributed by atoms with Gasteiger partial charge < -0.3 is 20.3 Å².